The largest absolute Gasteiger partial charge is 0.307 e. The minimum absolute atomic E-state index is 0.101. The first kappa shape index (κ1) is 11.3. The number of aromatic nitrogens is 4. The van der Waals surface area contributed by atoms with Crippen LogP contribution in [0, 0.1) is 0 Å². The molecule has 20 heavy (non-hydrogen) atoms. The van der Waals surface area contributed by atoms with Gasteiger partial charge in [-0.3, -0.25) is 14.8 Å². The van der Waals surface area contributed by atoms with E-state index in [2.05, 4.69) is 19.9 Å². The van der Waals surface area contributed by atoms with Crippen molar-refractivity contribution < 1.29 is 0 Å². The van der Waals surface area contributed by atoms with E-state index >= 15 is 0 Å². The van der Waals surface area contributed by atoms with Crippen molar-refractivity contribution in [3.05, 3.63) is 52.7 Å². The van der Waals surface area contributed by atoms with Gasteiger partial charge in [0.25, 0.3) is 5.56 Å². The van der Waals surface area contributed by atoms with E-state index in [1.165, 1.54) is 0 Å². The van der Waals surface area contributed by atoms with Crippen LogP contribution in [-0.4, -0.2) is 19.9 Å². The zero-order valence-electron chi connectivity index (χ0n) is 10.7. The Morgan fingerprint density at radius 1 is 1.05 bits per heavy atom. The summed E-state index contributed by atoms with van der Waals surface area (Å²) in [6.07, 6.45) is 5.57. The molecule has 2 heterocycles. The molecule has 0 atom stereocenters. The highest BCUT2D eigenvalue weighted by molar-refractivity contribution is 5.79. The highest BCUT2D eigenvalue weighted by Crippen LogP contribution is 2.38. The van der Waals surface area contributed by atoms with E-state index in [0.29, 0.717) is 11.7 Å². The number of H-pyrrole nitrogens is 1. The zero-order chi connectivity index (χ0) is 13.5. The maximum absolute atomic E-state index is 11.8. The normalized spacial score (nSPS) is 14.6. The summed E-state index contributed by atoms with van der Waals surface area (Å²) >= 11 is 0. The van der Waals surface area contributed by atoms with Crippen molar-refractivity contribution >= 4 is 11.0 Å². The van der Waals surface area contributed by atoms with Crippen LogP contribution in [0.4, 0.5) is 0 Å². The summed E-state index contributed by atoms with van der Waals surface area (Å²) in [6.45, 7) is 0. The predicted octanol–water partition coefficient (Wildman–Crippen LogP) is 2.26. The molecule has 1 aromatic carbocycles. The van der Waals surface area contributed by atoms with Gasteiger partial charge in [-0.1, -0.05) is 0 Å². The Bertz CT molecular complexity index is 852. The topological polar surface area (TPSA) is 71.5 Å². The fraction of sp³-hybridized carbons (Fsp3) is 0.200. The predicted molar refractivity (Wildman–Crippen MR) is 75.4 cm³/mol. The highest BCUT2D eigenvalue weighted by atomic mass is 16.1. The molecule has 1 fully saturated rings. The summed E-state index contributed by atoms with van der Waals surface area (Å²) in [7, 11) is 0. The lowest BCUT2D eigenvalue weighted by Crippen LogP contribution is -2.09. The van der Waals surface area contributed by atoms with E-state index in [0.717, 1.165) is 35.1 Å². The standard InChI is InChI=1S/C15H12N4O/c20-14-8-12(9-1-2-9)18-15(19-14)10-3-4-11-13(7-10)17-6-5-16-11/h3-9H,1-2H2,(H,18,19,20). The number of nitrogens with zero attached hydrogens (tertiary/aromatic N) is 3. The number of hydrogen-bond acceptors (Lipinski definition) is 4. The monoisotopic (exact) mass is 264 g/mol. The molecule has 4 rings (SSSR count). The SMILES string of the molecule is O=c1cc(C2CC2)nc(-c2ccc3nccnc3c2)[nH]1. The van der Waals surface area contributed by atoms with Crippen LogP contribution in [0.3, 0.4) is 0 Å². The quantitative estimate of drug-likeness (QED) is 0.770. The third kappa shape index (κ3) is 1.97. The second kappa shape index (κ2) is 4.23. The van der Waals surface area contributed by atoms with E-state index in [9.17, 15) is 4.79 Å². The maximum atomic E-state index is 11.8. The molecule has 0 aliphatic heterocycles. The summed E-state index contributed by atoms with van der Waals surface area (Å²) < 4.78 is 0. The molecule has 0 spiro atoms. The molecule has 2 aromatic heterocycles. The van der Waals surface area contributed by atoms with Crippen molar-refractivity contribution in [1.29, 1.82) is 0 Å². The van der Waals surface area contributed by atoms with Crippen LogP contribution in [0.25, 0.3) is 22.4 Å². The van der Waals surface area contributed by atoms with Crippen molar-refractivity contribution in [2.24, 2.45) is 0 Å². The van der Waals surface area contributed by atoms with E-state index in [-0.39, 0.29) is 5.56 Å². The van der Waals surface area contributed by atoms with Crippen molar-refractivity contribution in [3.63, 3.8) is 0 Å². The molecule has 0 unspecified atom stereocenters. The smallest absolute Gasteiger partial charge is 0.251 e. The molecule has 3 aromatic rings. The van der Waals surface area contributed by atoms with Crippen LogP contribution in [0.5, 0.6) is 0 Å². The van der Waals surface area contributed by atoms with Crippen LogP contribution >= 0.6 is 0 Å². The molecule has 0 radical (unpaired) electrons. The van der Waals surface area contributed by atoms with Crippen molar-refractivity contribution in [1.82, 2.24) is 19.9 Å². The molecular formula is C15H12N4O. The van der Waals surface area contributed by atoms with Gasteiger partial charge >= 0.3 is 0 Å². The Balaban J connectivity index is 1.87. The average molecular weight is 264 g/mol. The highest BCUT2D eigenvalue weighted by Gasteiger charge is 2.25. The van der Waals surface area contributed by atoms with Gasteiger partial charge in [-0.2, -0.15) is 0 Å². The fourth-order valence-electron chi connectivity index (χ4n) is 2.31. The molecule has 5 nitrogen and oxygen atoms in total. The number of hydrogen-bond donors (Lipinski definition) is 1. The average Bonchev–Trinajstić information content (AvgIpc) is 3.31. The maximum Gasteiger partial charge on any atom is 0.251 e. The summed E-state index contributed by atoms with van der Waals surface area (Å²) in [6, 6.07) is 7.30. The number of benzene rings is 1. The Hall–Kier alpha value is -2.56. The van der Waals surface area contributed by atoms with E-state index < -0.39 is 0 Å². The third-order valence-electron chi connectivity index (χ3n) is 3.50. The van der Waals surface area contributed by atoms with Crippen LogP contribution in [0.2, 0.25) is 0 Å². The minimum Gasteiger partial charge on any atom is -0.307 e. The molecule has 1 aliphatic rings. The van der Waals surface area contributed by atoms with Gasteiger partial charge in [-0.05, 0) is 31.0 Å². The van der Waals surface area contributed by atoms with Gasteiger partial charge in [0.2, 0.25) is 0 Å². The number of aromatic amines is 1. The molecule has 0 bridgehead atoms. The Labute approximate surface area is 114 Å². The number of fused-ring (bicyclic) bond motifs is 1. The van der Waals surface area contributed by atoms with Crippen LogP contribution in [0.15, 0.2) is 41.5 Å². The van der Waals surface area contributed by atoms with E-state index in [1.807, 2.05) is 18.2 Å². The van der Waals surface area contributed by atoms with Crippen LogP contribution in [-0.2, 0) is 0 Å². The van der Waals surface area contributed by atoms with Gasteiger partial charge in [-0.25, -0.2) is 4.98 Å². The van der Waals surface area contributed by atoms with E-state index in [4.69, 9.17) is 0 Å². The summed E-state index contributed by atoms with van der Waals surface area (Å²) in [5, 5.41) is 0. The van der Waals surface area contributed by atoms with E-state index in [1.54, 1.807) is 18.5 Å². The molecular weight excluding hydrogens is 252 g/mol. The lowest BCUT2D eigenvalue weighted by Gasteiger charge is -2.04. The van der Waals surface area contributed by atoms with Gasteiger partial charge in [0, 0.05) is 29.9 Å². The minimum atomic E-state index is -0.101. The summed E-state index contributed by atoms with van der Waals surface area (Å²) in [4.78, 5) is 27.6. The summed E-state index contributed by atoms with van der Waals surface area (Å²) in [5.74, 6) is 1.06. The summed E-state index contributed by atoms with van der Waals surface area (Å²) in [5.41, 5.74) is 3.28. The Kier molecular flexibility index (Phi) is 2.39. The van der Waals surface area contributed by atoms with Gasteiger partial charge in [0.1, 0.15) is 5.82 Å². The second-order valence-corrected chi connectivity index (χ2v) is 5.05. The molecule has 1 aliphatic carbocycles. The number of nitrogens with one attached hydrogen (secondary N) is 1. The first-order valence-corrected chi connectivity index (χ1v) is 6.62. The van der Waals surface area contributed by atoms with Gasteiger partial charge in [-0.15, -0.1) is 0 Å². The first-order chi connectivity index (χ1) is 9.79. The lowest BCUT2D eigenvalue weighted by atomic mass is 10.1. The van der Waals surface area contributed by atoms with Crippen molar-refractivity contribution in [3.8, 4) is 11.4 Å². The fourth-order valence-corrected chi connectivity index (χ4v) is 2.31. The molecule has 1 N–H and O–H groups in total. The zero-order valence-corrected chi connectivity index (χ0v) is 10.7. The van der Waals surface area contributed by atoms with Crippen molar-refractivity contribution in [2.75, 3.05) is 0 Å². The first-order valence-electron chi connectivity index (χ1n) is 6.62. The molecule has 5 heteroatoms. The van der Waals surface area contributed by atoms with Gasteiger partial charge < -0.3 is 4.98 Å². The number of rotatable bonds is 2. The van der Waals surface area contributed by atoms with Gasteiger partial charge in [0.15, 0.2) is 0 Å². The molecule has 0 saturated heterocycles. The Morgan fingerprint density at radius 2 is 1.85 bits per heavy atom. The van der Waals surface area contributed by atoms with Crippen LogP contribution in [0.1, 0.15) is 24.5 Å². The molecule has 1 saturated carbocycles. The molecule has 98 valence electrons. The lowest BCUT2D eigenvalue weighted by molar-refractivity contribution is 0.977. The third-order valence-corrected chi connectivity index (χ3v) is 3.50. The second-order valence-electron chi connectivity index (χ2n) is 5.05. The van der Waals surface area contributed by atoms with Crippen molar-refractivity contribution in [2.45, 2.75) is 18.8 Å². The molecule has 0 amide bonds. The van der Waals surface area contributed by atoms with Crippen LogP contribution < -0.4 is 5.56 Å². The Morgan fingerprint density at radius 3 is 2.65 bits per heavy atom. The van der Waals surface area contributed by atoms with Gasteiger partial charge in [0.05, 0.1) is 16.7 Å².